The molecule has 0 amide bonds. The van der Waals surface area contributed by atoms with E-state index >= 15 is 0 Å². The highest BCUT2D eigenvalue weighted by Crippen LogP contribution is 2.20. The fourth-order valence-corrected chi connectivity index (χ4v) is 1.44. The van der Waals surface area contributed by atoms with Gasteiger partial charge in [-0.3, -0.25) is 0 Å². The van der Waals surface area contributed by atoms with Crippen molar-refractivity contribution in [1.29, 1.82) is 0 Å². The van der Waals surface area contributed by atoms with Gasteiger partial charge in [-0.15, -0.1) is 0 Å². The van der Waals surface area contributed by atoms with Crippen LogP contribution in [0.2, 0.25) is 0 Å². The number of carboxylic acid groups (broad SMARTS) is 1. The van der Waals surface area contributed by atoms with Crippen LogP contribution in [-0.2, 0) is 4.79 Å². The Morgan fingerprint density at radius 3 is 2.47 bits per heavy atom. The number of aliphatic carboxylic acids is 1. The molecule has 15 heavy (non-hydrogen) atoms. The van der Waals surface area contributed by atoms with E-state index in [9.17, 15) is 4.79 Å². The number of rotatable bonds is 1. The number of carbonyl (C=O) groups is 1. The average Bonchev–Trinajstić information content (AvgIpc) is 2.51. The molecule has 0 saturated carbocycles. The van der Waals surface area contributed by atoms with E-state index in [2.05, 4.69) is 0 Å². The molecule has 0 unspecified atom stereocenters. The number of hydrogen-bond acceptors (Lipinski definition) is 1. The van der Waals surface area contributed by atoms with Crippen LogP contribution in [-0.4, -0.2) is 11.1 Å². The Morgan fingerprint density at radius 2 is 1.67 bits per heavy atom. The molecule has 1 N–H and O–H groups in total. The average molecular weight is 198 g/mol. The lowest BCUT2D eigenvalue weighted by molar-refractivity contribution is -0.132. The first kappa shape index (κ1) is 9.46. The van der Waals surface area contributed by atoms with Gasteiger partial charge in [0.05, 0.1) is 5.57 Å². The third kappa shape index (κ3) is 2.05. The first-order valence-corrected chi connectivity index (χ1v) is 4.66. The number of allylic oxidation sites excluding steroid dienone is 10. The molecule has 0 atom stereocenters. The van der Waals surface area contributed by atoms with Gasteiger partial charge in [-0.05, 0) is 23.3 Å². The molecule has 2 aliphatic rings. The molecule has 2 heteroatoms. The quantitative estimate of drug-likeness (QED) is 0.703. The molecule has 0 aromatic heterocycles. The van der Waals surface area contributed by atoms with Crippen LogP contribution < -0.4 is 0 Å². The smallest absolute Gasteiger partial charge is 0.335 e. The van der Waals surface area contributed by atoms with Crippen molar-refractivity contribution in [3.8, 4) is 0 Å². The van der Waals surface area contributed by atoms with E-state index in [-0.39, 0.29) is 0 Å². The predicted molar refractivity (Wildman–Crippen MR) is 59.3 cm³/mol. The van der Waals surface area contributed by atoms with Gasteiger partial charge in [0, 0.05) is 0 Å². The third-order valence-electron chi connectivity index (χ3n) is 2.24. The molecule has 0 saturated heterocycles. The summed E-state index contributed by atoms with van der Waals surface area (Å²) in [6.45, 7) is 0. The van der Waals surface area contributed by atoms with E-state index in [0.29, 0.717) is 5.57 Å². The molecule has 0 aliphatic heterocycles. The van der Waals surface area contributed by atoms with Gasteiger partial charge in [-0.25, -0.2) is 4.79 Å². The van der Waals surface area contributed by atoms with Gasteiger partial charge in [-0.1, -0.05) is 42.5 Å². The summed E-state index contributed by atoms with van der Waals surface area (Å²) in [6, 6.07) is 0. The lowest BCUT2D eigenvalue weighted by atomic mass is 10.1. The molecule has 0 spiro atoms. The van der Waals surface area contributed by atoms with Gasteiger partial charge in [0.25, 0.3) is 0 Å². The van der Waals surface area contributed by atoms with Crippen molar-refractivity contribution in [3.05, 3.63) is 71.4 Å². The number of carboxylic acids is 1. The largest absolute Gasteiger partial charge is 0.478 e. The normalized spacial score (nSPS) is 18.3. The summed E-state index contributed by atoms with van der Waals surface area (Å²) in [5, 5.41) is 8.85. The summed E-state index contributed by atoms with van der Waals surface area (Å²) in [7, 11) is 0. The Balaban J connectivity index is 2.44. The van der Waals surface area contributed by atoms with Crippen molar-refractivity contribution in [1.82, 2.24) is 0 Å². The fourth-order valence-electron chi connectivity index (χ4n) is 1.44. The van der Waals surface area contributed by atoms with Crippen LogP contribution in [0.4, 0.5) is 0 Å². The predicted octanol–water partition coefficient (Wildman–Crippen LogP) is 2.55. The molecule has 74 valence electrons. The van der Waals surface area contributed by atoms with Crippen LogP contribution in [0.15, 0.2) is 71.4 Å². The van der Waals surface area contributed by atoms with E-state index in [0.717, 1.165) is 11.1 Å². The third-order valence-corrected chi connectivity index (χ3v) is 2.24. The Labute approximate surface area is 87.9 Å². The second-order valence-electron chi connectivity index (χ2n) is 3.25. The minimum Gasteiger partial charge on any atom is -0.478 e. The maximum atomic E-state index is 10.8. The molecule has 0 heterocycles. The topological polar surface area (TPSA) is 37.3 Å². The summed E-state index contributed by atoms with van der Waals surface area (Å²) >= 11 is 0. The minimum atomic E-state index is -0.903. The van der Waals surface area contributed by atoms with Crippen molar-refractivity contribution >= 4 is 5.97 Å². The second-order valence-corrected chi connectivity index (χ2v) is 3.25. The van der Waals surface area contributed by atoms with E-state index < -0.39 is 5.97 Å². The minimum absolute atomic E-state index is 0.300. The second kappa shape index (κ2) is 3.96. The molecule has 0 aromatic carbocycles. The molecule has 0 fully saturated rings. The van der Waals surface area contributed by atoms with Crippen molar-refractivity contribution in [2.75, 3.05) is 0 Å². The molecule has 2 nitrogen and oxygen atoms in total. The van der Waals surface area contributed by atoms with Gasteiger partial charge >= 0.3 is 5.97 Å². The Hall–Kier alpha value is -2.09. The fraction of sp³-hybridized carbons (Fsp3) is 0. The Kier molecular flexibility index (Phi) is 2.50. The summed E-state index contributed by atoms with van der Waals surface area (Å²) in [6.07, 6.45) is 16.6. The van der Waals surface area contributed by atoms with E-state index in [1.165, 1.54) is 0 Å². The molecule has 2 rings (SSSR count). The highest BCUT2D eigenvalue weighted by molar-refractivity contribution is 5.90. The molecule has 0 radical (unpaired) electrons. The molecule has 2 aliphatic carbocycles. The van der Waals surface area contributed by atoms with Crippen LogP contribution in [0.3, 0.4) is 0 Å². The summed E-state index contributed by atoms with van der Waals surface area (Å²) in [5.41, 5.74) is 2.34. The molecule has 0 bridgehead atoms. The Morgan fingerprint density at radius 1 is 0.867 bits per heavy atom. The summed E-state index contributed by atoms with van der Waals surface area (Å²) in [4.78, 5) is 10.8. The van der Waals surface area contributed by atoms with Crippen molar-refractivity contribution < 1.29 is 9.90 Å². The van der Waals surface area contributed by atoms with E-state index in [4.69, 9.17) is 5.11 Å². The first-order valence-electron chi connectivity index (χ1n) is 4.66. The lowest BCUT2D eigenvalue weighted by Gasteiger charge is -1.98. The van der Waals surface area contributed by atoms with Crippen LogP contribution in [0.25, 0.3) is 0 Å². The summed E-state index contributed by atoms with van der Waals surface area (Å²) < 4.78 is 0. The highest BCUT2D eigenvalue weighted by atomic mass is 16.4. The van der Waals surface area contributed by atoms with E-state index in [1.807, 2.05) is 42.5 Å². The zero-order valence-electron chi connectivity index (χ0n) is 8.05. The van der Waals surface area contributed by atoms with Crippen molar-refractivity contribution in [2.24, 2.45) is 0 Å². The van der Waals surface area contributed by atoms with Crippen LogP contribution >= 0.6 is 0 Å². The maximum Gasteiger partial charge on any atom is 0.335 e. The van der Waals surface area contributed by atoms with E-state index in [1.54, 1.807) is 12.2 Å². The first-order chi connectivity index (χ1) is 7.27. The van der Waals surface area contributed by atoms with Crippen LogP contribution in [0.5, 0.6) is 0 Å². The lowest BCUT2D eigenvalue weighted by Crippen LogP contribution is -1.96. The highest BCUT2D eigenvalue weighted by Gasteiger charge is 2.07. The van der Waals surface area contributed by atoms with Crippen molar-refractivity contribution in [2.45, 2.75) is 0 Å². The number of hydrogen-bond donors (Lipinski definition) is 1. The maximum absolute atomic E-state index is 10.8. The summed E-state index contributed by atoms with van der Waals surface area (Å²) in [5.74, 6) is -0.903. The van der Waals surface area contributed by atoms with Gasteiger partial charge in [-0.2, -0.15) is 0 Å². The van der Waals surface area contributed by atoms with Gasteiger partial charge in [0.1, 0.15) is 0 Å². The molecular formula is C13H10O2. The monoisotopic (exact) mass is 198 g/mol. The van der Waals surface area contributed by atoms with Gasteiger partial charge in [0.2, 0.25) is 0 Å². The van der Waals surface area contributed by atoms with Gasteiger partial charge in [0.15, 0.2) is 0 Å². The van der Waals surface area contributed by atoms with Crippen molar-refractivity contribution in [3.63, 3.8) is 0 Å². The zero-order valence-corrected chi connectivity index (χ0v) is 8.05. The van der Waals surface area contributed by atoms with Crippen LogP contribution in [0.1, 0.15) is 0 Å². The zero-order chi connectivity index (χ0) is 10.7. The molecule has 0 aromatic rings. The number of fused-ring (bicyclic) bond motifs is 1. The Bertz CT molecular complexity index is 469. The van der Waals surface area contributed by atoms with Crippen LogP contribution in [0, 0.1) is 0 Å². The van der Waals surface area contributed by atoms with Gasteiger partial charge < -0.3 is 5.11 Å². The standard InChI is InChI=1S/C13H10O2/c14-13(15)12-8-6-10-4-2-1-3-5-11(10)7-9-12/h1-9H,(H,14,15). The molecular weight excluding hydrogens is 188 g/mol. The SMILES string of the molecule is O=C(O)C1=CC=C2C=CC=CC=C2C=C1.